The molecule has 3 nitrogen and oxygen atoms in total. The second-order valence-corrected chi connectivity index (χ2v) is 5.58. The lowest BCUT2D eigenvalue weighted by Gasteiger charge is -2.18. The van der Waals surface area contributed by atoms with Crippen molar-refractivity contribution in [1.29, 1.82) is 0 Å². The normalized spacial score (nSPS) is 11.9. The number of carbonyl (C=O) groups excluding carboxylic acids is 1. The Morgan fingerprint density at radius 2 is 1.85 bits per heavy atom. The molecule has 2 aromatic rings. The molecule has 0 aliphatic carbocycles. The quantitative estimate of drug-likeness (QED) is 0.930. The van der Waals surface area contributed by atoms with Crippen LogP contribution in [0, 0.1) is 0 Å². The molecule has 0 aliphatic rings. The Bertz CT molecular complexity index is 596. The van der Waals surface area contributed by atoms with E-state index in [1.165, 1.54) is 25.8 Å². The van der Waals surface area contributed by atoms with Gasteiger partial charge in [-0.15, -0.1) is 0 Å². The second kappa shape index (κ2) is 6.48. The fourth-order valence-corrected chi connectivity index (χ4v) is 2.96. The molecule has 0 heterocycles. The molecule has 0 radical (unpaired) electrons. The molecule has 1 N–H and O–H groups in total. The Kier molecular flexibility index (Phi) is 4.69. The van der Waals surface area contributed by atoms with Gasteiger partial charge in [-0.2, -0.15) is 0 Å². The first-order valence-electron chi connectivity index (χ1n) is 6.21. The van der Waals surface area contributed by atoms with Crippen LogP contribution in [0.25, 0.3) is 0 Å². The fourth-order valence-electron chi connectivity index (χ4n) is 2.02. The van der Waals surface area contributed by atoms with E-state index in [1.54, 1.807) is 6.07 Å². The molecule has 4 heteroatoms. The monoisotopic (exact) mass is 288 g/mol. The Labute approximate surface area is 122 Å². The summed E-state index contributed by atoms with van der Waals surface area (Å²) < 4.78 is 5.13. The van der Waals surface area contributed by atoms with Crippen LogP contribution in [0.1, 0.15) is 23.3 Å². The predicted octanol–water partition coefficient (Wildman–Crippen LogP) is 3.77. The number of phenols is 1. The van der Waals surface area contributed by atoms with Crippen molar-refractivity contribution in [3.8, 4) is 11.5 Å². The van der Waals surface area contributed by atoms with Crippen molar-refractivity contribution in [2.45, 2.75) is 12.2 Å². The number of carbonyl (C=O) groups is 1. The smallest absolute Gasteiger partial charge is 0.186 e. The lowest BCUT2D eigenvalue weighted by atomic mass is 10.0. The topological polar surface area (TPSA) is 46.5 Å². The van der Waals surface area contributed by atoms with Gasteiger partial charge in [-0.3, -0.25) is 4.79 Å². The van der Waals surface area contributed by atoms with Crippen LogP contribution in [0.2, 0.25) is 0 Å². The van der Waals surface area contributed by atoms with Crippen molar-refractivity contribution in [3.63, 3.8) is 0 Å². The highest BCUT2D eigenvalue weighted by atomic mass is 32.2. The van der Waals surface area contributed by atoms with E-state index in [0.29, 0.717) is 11.3 Å². The molecule has 0 saturated heterocycles. The van der Waals surface area contributed by atoms with E-state index in [0.717, 1.165) is 5.56 Å². The summed E-state index contributed by atoms with van der Waals surface area (Å²) in [6.07, 6.45) is 0. The number of methoxy groups -OCH3 is 1. The lowest BCUT2D eigenvalue weighted by Crippen LogP contribution is -2.01. The van der Waals surface area contributed by atoms with Crippen molar-refractivity contribution in [2.75, 3.05) is 7.11 Å². The van der Waals surface area contributed by atoms with Gasteiger partial charge in [0.2, 0.25) is 0 Å². The van der Waals surface area contributed by atoms with E-state index in [-0.39, 0.29) is 16.1 Å². The van der Waals surface area contributed by atoms with Crippen molar-refractivity contribution in [2.24, 2.45) is 0 Å². The molecule has 0 saturated carbocycles. The highest BCUT2D eigenvalue weighted by Crippen LogP contribution is 2.43. The summed E-state index contributed by atoms with van der Waals surface area (Å²) in [6, 6.07) is 15.0. The minimum absolute atomic E-state index is 0.000993. The Morgan fingerprint density at radius 3 is 2.45 bits per heavy atom. The van der Waals surface area contributed by atoms with Gasteiger partial charge in [0.05, 0.1) is 12.4 Å². The van der Waals surface area contributed by atoms with Crippen molar-refractivity contribution >= 4 is 16.9 Å². The number of rotatable bonds is 4. The molecule has 0 spiro atoms. The minimum Gasteiger partial charge on any atom is -0.504 e. The van der Waals surface area contributed by atoms with Gasteiger partial charge in [0.15, 0.2) is 16.6 Å². The Morgan fingerprint density at radius 1 is 1.15 bits per heavy atom. The first kappa shape index (κ1) is 14.5. The first-order chi connectivity index (χ1) is 9.63. The molecular formula is C16H16O3S. The number of benzene rings is 2. The average molecular weight is 288 g/mol. The minimum atomic E-state index is -0.246. The van der Waals surface area contributed by atoms with E-state index >= 15 is 0 Å². The predicted molar refractivity (Wildman–Crippen MR) is 81.2 cm³/mol. The van der Waals surface area contributed by atoms with Crippen LogP contribution >= 0.6 is 11.8 Å². The molecule has 0 fully saturated rings. The zero-order chi connectivity index (χ0) is 14.5. The SMILES string of the molecule is COc1cccc([C@@H](SC(C)=O)c2ccccc2)c1O. The van der Waals surface area contributed by atoms with Crippen molar-refractivity contribution < 1.29 is 14.6 Å². The fraction of sp³-hybridized carbons (Fsp3) is 0.188. The number of hydrogen-bond donors (Lipinski definition) is 1. The third-order valence-corrected chi connectivity index (χ3v) is 4.01. The lowest BCUT2D eigenvalue weighted by molar-refractivity contribution is -0.109. The Hall–Kier alpha value is -1.94. The van der Waals surface area contributed by atoms with Gasteiger partial charge in [0.1, 0.15) is 0 Å². The van der Waals surface area contributed by atoms with Crippen LogP contribution in [0.4, 0.5) is 0 Å². The summed E-state index contributed by atoms with van der Waals surface area (Å²) in [7, 11) is 1.51. The third-order valence-electron chi connectivity index (χ3n) is 2.92. The van der Waals surface area contributed by atoms with Crippen LogP contribution in [0.15, 0.2) is 48.5 Å². The van der Waals surface area contributed by atoms with Crippen LogP contribution in [-0.4, -0.2) is 17.3 Å². The molecule has 2 rings (SSSR count). The van der Waals surface area contributed by atoms with Crippen molar-refractivity contribution in [1.82, 2.24) is 0 Å². The maximum atomic E-state index is 11.5. The van der Waals surface area contributed by atoms with Gasteiger partial charge < -0.3 is 9.84 Å². The molecule has 2 aromatic carbocycles. The van der Waals surface area contributed by atoms with E-state index in [1.807, 2.05) is 42.5 Å². The molecule has 0 bridgehead atoms. The number of phenolic OH excluding ortho intramolecular Hbond substituents is 1. The molecule has 20 heavy (non-hydrogen) atoms. The van der Waals surface area contributed by atoms with E-state index in [2.05, 4.69) is 0 Å². The van der Waals surface area contributed by atoms with E-state index in [9.17, 15) is 9.90 Å². The number of para-hydroxylation sites is 1. The summed E-state index contributed by atoms with van der Waals surface area (Å²) in [5.74, 6) is 0.491. The average Bonchev–Trinajstić information content (AvgIpc) is 2.46. The van der Waals surface area contributed by atoms with Gasteiger partial charge in [-0.25, -0.2) is 0 Å². The van der Waals surface area contributed by atoms with Crippen LogP contribution in [0.5, 0.6) is 11.5 Å². The number of hydrogen-bond acceptors (Lipinski definition) is 4. The van der Waals surface area contributed by atoms with Crippen molar-refractivity contribution in [3.05, 3.63) is 59.7 Å². The highest BCUT2D eigenvalue weighted by Gasteiger charge is 2.21. The van der Waals surface area contributed by atoms with E-state index < -0.39 is 0 Å². The molecule has 104 valence electrons. The molecule has 0 unspecified atom stereocenters. The second-order valence-electron chi connectivity index (χ2n) is 4.30. The summed E-state index contributed by atoms with van der Waals surface area (Å²) in [4.78, 5) is 11.5. The first-order valence-corrected chi connectivity index (χ1v) is 7.09. The largest absolute Gasteiger partial charge is 0.504 e. The Balaban J connectivity index is 2.49. The van der Waals surface area contributed by atoms with Gasteiger partial charge >= 0.3 is 0 Å². The summed E-state index contributed by atoms with van der Waals surface area (Å²) in [5, 5.41) is 10.0. The standard InChI is InChI=1S/C16H16O3S/c1-11(17)20-16(12-7-4-3-5-8-12)13-9-6-10-14(19-2)15(13)18/h3-10,16,18H,1-2H3/t16-/m0/s1. The third kappa shape index (κ3) is 3.14. The molecule has 0 aliphatic heterocycles. The van der Waals surface area contributed by atoms with Gasteiger partial charge in [0.25, 0.3) is 0 Å². The van der Waals surface area contributed by atoms with Crippen LogP contribution in [0.3, 0.4) is 0 Å². The molecule has 1 atom stereocenters. The molecule has 0 aromatic heterocycles. The van der Waals surface area contributed by atoms with Crippen LogP contribution < -0.4 is 4.74 Å². The number of ether oxygens (including phenoxy) is 1. The van der Waals surface area contributed by atoms with E-state index in [4.69, 9.17) is 4.74 Å². The van der Waals surface area contributed by atoms with Crippen LogP contribution in [-0.2, 0) is 4.79 Å². The zero-order valence-corrected chi connectivity index (χ0v) is 12.2. The zero-order valence-electron chi connectivity index (χ0n) is 11.4. The highest BCUT2D eigenvalue weighted by molar-refractivity contribution is 8.13. The molecule has 0 amide bonds. The molecular weight excluding hydrogens is 272 g/mol. The maximum absolute atomic E-state index is 11.5. The number of aromatic hydroxyl groups is 1. The maximum Gasteiger partial charge on any atom is 0.186 e. The van der Waals surface area contributed by atoms with Gasteiger partial charge in [-0.1, -0.05) is 54.2 Å². The van der Waals surface area contributed by atoms with Gasteiger partial charge in [0, 0.05) is 12.5 Å². The number of thioether (sulfide) groups is 1. The summed E-state index contributed by atoms with van der Waals surface area (Å²) in [5.41, 5.74) is 1.65. The summed E-state index contributed by atoms with van der Waals surface area (Å²) in [6.45, 7) is 1.53. The summed E-state index contributed by atoms with van der Waals surface area (Å²) >= 11 is 1.18. The van der Waals surface area contributed by atoms with Gasteiger partial charge in [-0.05, 0) is 11.6 Å².